The third kappa shape index (κ3) is 2.43. The zero-order valence-corrected chi connectivity index (χ0v) is 12.8. The van der Waals surface area contributed by atoms with Crippen molar-refractivity contribution in [2.24, 2.45) is 0 Å². The van der Waals surface area contributed by atoms with Crippen LogP contribution in [0.2, 0.25) is 0 Å². The first-order valence-corrected chi connectivity index (χ1v) is 7.49. The van der Waals surface area contributed by atoms with E-state index in [1.807, 2.05) is 7.05 Å². The highest BCUT2D eigenvalue weighted by Crippen LogP contribution is 2.37. The molecule has 1 fully saturated rings. The van der Waals surface area contributed by atoms with E-state index in [0.717, 1.165) is 15.1 Å². The molecule has 0 spiro atoms. The molecule has 2 N–H and O–H groups in total. The van der Waals surface area contributed by atoms with Crippen LogP contribution in [-0.2, 0) is 0 Å². The van der Waals surface area contributed by atoms with Gasteiger partial charge < -0.3 is 5.32 Å². The van der Waals surface area contributed by atoms with Gasteiger partial charge in [0.15, 0.2) is 5.82 Å². The zero-order valence-electron chi connectivity index (χ0n) is 10.6. The molecule has 0 unspecified atom stereocenters. The average molecular weight is 370 g/mol. The van der Waals surface area contributed by atoms with Crippen molar-refractivity contribution in [3.05, 3.63) is 15.5 Å². The molecule has 100 valence electrons. The Hall–Kier alpha value is -1.25. The van der Waals surface area contributed by atoms with Crippen molar-refractivity contribution in [3.63, 3.8) is 0 Å². The van der Waals surface area contributed by atoms with E-state index in [1.54, 1.807) is 6.20 Å². The van der Waals surface area contributed by atoms with Crippen LogP contribution in [0, 0.1) is 3.57 Å². The fourth-order valence-corrected chi connectivity index (χ4v) is 3.48. The Bertz CT molecular complexity index is 562. The Labute approximate surface area is 125 Å². The predicted molar refractivity (Wildman–Crippen MR) is 80.9 cm³/mol. The highest BCUT2D eigenvalue weighted by atomic mass is 127. The summed E-state index contributed by atoms with van der Waals surface area (Å²) in [5, 5.41) is 13.6. The summed E-state index contributed by atoms with van der Waals surface area (Å²) in [7, 11) is 1.88. The molecule has 3 rings (SSSR count). The molecule has 0 atom stereocenters. The Morgan fingerprint density at radius 3 is 2.74 bits per heavy atom. The molecule has 19 heavy (non-hydrogen) atoms. The minimum absolute atomic E-state index is 0.549. The van der Waals surface area contributed by atoms with Crippen molar-refractivity contribution >= 4 is 28.4 Å². The lowest BCUT2D eigenvalue weighted by Gasteiger charge is -2.14. The molecule has 1 aliphatic rings. The van der Waals surface area contributed by atoms with E-state index in [2.05, 4.69) is 48.3 Å². The van der Waals surface area contributed by atoms with Crippen LogP contribution in [0.1, 0.15) is 37.3 Å². The summed E-state index contributed by atoms with van der Waals surface area (Å²) in [6.45, 7) is 0. The van der Waals surface area contributed by atoms with Gasteiger partial charge in [0.05, 0.1) is 15.5 Å². The minimum atomic E-state index is 0.549. The summed E-state index contributed by atoms with van der Waals surface area (Å²) < 4.78 is 1.12. The first-order chi connectivity index (χ1) is 9.29. The van der Waals surface area contributed by atoms with Gasteiger partial charge in [0.2, 0.25) is 0 Å². The minimum Gasteiger partial charge on any atom is -0.372 e. The van der Waals surface area contributed by atoms with Crippen molar-refractivity contribution in [2.45, 2.75) is 31.6 Å². The lowest BCUT2D eigenvalue weighted by atomic mass is 10.0. The second-order valence-corrected chi connectivity index (χ2v) is 5.76. The van der Waals surface area contributed by atoms with Crippen LogP contribution in [0.3, 0.4) is 0 Å². The van der Waals surface area contributed by atoms with Gasteiger partial charge in [0, 0.05) is 13.0 Å². The second-order valence-electron chi connectivity index (χ2n) is 4.68. The standard InChI is InChI=1S/C12H15IN6/c1-14-12-9(13)10(7-4-2-3-5-7)16-11(17-12)8-6-15-19-18-8/h6-7H,2-5H2,1H3,(H,14,16,17)(H,15,18,19). The second kappa shape index (κ2) is 5.40. The van der Waals surface area contributed by atoms with Crippen LogP contribution < -0.4 is 5.32 Å². The molecular formula is C12H15IN6. The molecule has 0 amide bonds. The van der Waals surface area contributed by atoms with E-state index in [4.69, 9.17) is 4.98 Å². The number of halogens is 1. The predicted octanol–water partition coefficient (Wildman–Crippen LogP) is 2.57. The zero-order chi connectivity index (χ0) is 13.2. The molecule has 2 heterocycles. The smallest absolute Gasteiger partial charge is 0.184 e. The first-order valence-electron chi connectivity index (χ1n) is 6.41. The summed E-state index contributed by atoms with van der Waals surface area (Å²) >= 11 is 2.33. The van der Waals surface area contributed by atoms with Gasteiger partial charge in [-0.05, 0) is 35.4 Å². The Morgan fingerprint density at radius 1 is 1.32 bits per heavy atom. The van der Waals surface area contributed by atoms with Crippen molar-refractivity contribution < 1.29 is 0 Å². The number of H-pyrrole nitrogens is 1. The molecule has 1 saturated carbocycles. The summed E-state index contributed by atoms with van der Waals surface area (Å²) in [6.07, 6.45) is 6.67. The van der Waals surface area contributed by atoms with Gasteiger partial charge in [-0.1, -0.05) is 12.8 Å². The molecule has 0 saturated heterocycles. The van der Waals surface area contributed by atoms with Gasteiger partial charge in [-0.3, -0.25) is 0 Å². The number of nitrogens with zero attached hydrogens (tertiary/aromatic N) is 4. The van der Waals surface area contributed by atoms with Gasteiger partial charge in [0.1, 0.15) is 11.5 Å². The maximum absolute atomic E-state index is 4.72. The van der Waals surface area contributed by atoms with Gasteiger partial charge >= 0.3 is 0 Å². The van der Waals surface area contributed by atoms with Crippen LogP contribution in [0.5, 0.6) is 0 Å². The maximum atomic E-state index is 4.72. The van der Waals surface area contributed by atoms with Crippen molar-refractivity contribution in [3.8, 4) is 11.5 Å². The number of nitrogens with one attached hydrogen (secondary N) is 2. The molecule has 0 aromatic carbocycles. The van der Waals surface area contributed by atoms with E-state index in [0.29, 0.717) is 17.4 Å². The van der Waals surface area contributed by atoms with E-state index in [1.165, 1.54) is 25.7 Å². The SMILES string of the molecule is CNc1nc(-c2cn[nH]n2)nc(C2CCCC2)c1I. The third-order valence-electron chi connectivity index (χ3n) is 3.50. The van der Waals surface area contributed by atoms with Crippen molar-refractivity contribution in [1.29, 1.82) is 0 Å². The number of rotatable bonds is 3. The van der Waals surface area contributed by atoms with Crippen molar-refractivity contribution in [2.75, 3.05) is 12.4 Å². The molecule has 0 aliphatic heterocycles. The van der Waals surface area contributed by atoms with Gasteiger partial charge in [0.25, 0.3) is 0 Å². The first kappa shape index (κ1) is 12.8. The fraction of sp³-hybridized carbons (Fsp3) is 0.500. The maximum Gasteiger partial charge on any atom is 0.184 e. The number of aromatic nitrogens is 5. The Balaban J connectivity index is 2.09. The molecule has 0 radical (unpaired) electrons. The van der Waals surface area contributed by atoms with Gasteiger partial charge in [-0.2, -0.15) is 15.4 Å². The monoisotopic (exact) mass is 370 g/mol. The van der Waals surface area contributed by atoms with E-state index in [-0.39, 0.29) is 0 Å². The van der Waals surface area contributed by atoms with E-state index in [9.17, 15) is 0 Å². The van der Waals surface area contributed by atoms with Crippen LogP contribution in [0.4, 0.5) is 5.82 Å². The molecule has 7 heteroatoms. The number of anilines is 1. The summed E-state index contributed by atoms with van der Waals surface area (Å²) in [4.78, 5) is 9.24. The molecule has 6 nitrogen and oxygen atoms in total. The fourth-order valence-electron chi connectivity index (χ4n) is 2.52. The number of hydrogen-bond donors (Lipinski definition) is 2. The molecule has 2 aromatic heterocycles. The molecule has 0 bridgehead atoms. The average Bonchev–Trinajstić information content (AvgIpc) is 3.12. The summed E-state index contributed by atoms with van der Waals surface area (Å²) in [6, 6.07) is 0. The third-order valence-corrected chi connectivity index (χ3v) is 4.56. The molecule has 2 aromatic rings. The lowest BCUT2D eigenvalue weighted by molar-refractivity contribution is 0.690. The molecule has 1 aliphatic carbocycles. The van der Waals surface area contributed by atoms with Crippen LogP contribution >= 0.6 is 22.6 Å². The number of aromatic amines is 1. The number of hydrogen-bond acceptors (Lipinski definition) is 5. The van der Waals surface area contributed by atoms with Crippen molar-refractivity contribution in [1.82, 2.24) is 25.4 Å². The van der Waals surface area contributed by atoms with E-state index < -0.39 is 0 Å². The normalized spacial score (nSPS) is 15.9. The Kier molecular flexibility index (Phi) is 3.63. The van der Waals surface area contributed by atoms with Gasteiger partial charge in [-0.25, -0.2) is 9.97 Å². The van der Waals surface area contributed by atoms with Crippen LogP contribution in [0.15, 0.2) is 6.20 Å². The summed E-state index contributed by atoms with van der Waals surface area (Å²) in [5.74, 6) is 2.06. The molecular weight excluding hydrogens is 355 g/mol. The van der Waals surface area contributed by atoms with Crippen LogP contribution in [-0.4, -0.2) is 32.4 Å². The Morgan fingerprint density at radius 2 is 2.11 bits per heavy atom. The topological polar surface area (TPSA) is 79.4 Å². The van der Waals surface area contributed by atoms with Gasteiger partial charge in [-0.15, -0.1) is 0 Å². The largest absolute Gasteiger partial charge is 0.372 e. The van der Waals surface area contributed by atoms with E-state index >= 15 is 0 Å². The van der Waals surface area contributed by atoms with Crippen LogP contribution in [0.25, 0.3) is 11.5 Å². The summed E-state index contributed by atoms with van der Waals surface area (Å²) in [5.41, 5.74) is 1.84. The highest BCUT2D eigenvalue weighted by Gasteiger charge is 2.24. The highest BCUT2D eigenvalue weighted by molar-refractivity contribution is 14.1. The quantitative estimate of drug-likeness (QED) is 0.812. The lowest BCUT2D eigenvalue weighted by Crippen LogP contribution is -2.08.